The van der Waals surface area contributed by atoms with Gasteiger partial charge < -0.3 is 10.5 Å². The Kier molecular flexibility index (Phi) is 4.63. The summed E-state index contributed by atoms with van der Waals surface area (Å²) in [6.45, 7) is 7.72. The molecule has 0 aliphatic carbocycles. The summed E-state index contributed by atoms with van der Waals surface area (Å²) in [5.74, 6) is 1.01. The molecule has 2 heteroatoms. The van der Waals surface area contributed by atoms with E-state index in [0.717, 1.165) is 31.7 Å². The molecule has 2 nitrogen and oxygen atoms in total. The van der Waals surface area contributed by atoms with Crippen LogP contribution in [0, 0.1) is 13.8 Å². The molecule has 2 N–H and O–H groups in total. The third kappa shape index (κ3) is 3.24. The van der Waals surface area contributed by atoms with Gasteiger partial charge in [0.25, 0.3) is 0 Å². The summed E-state index contributed by atoms with van der Waals surface area (Å²) in [4.78, 5) is 0. The molecule has 0 heterocycles. The minimum Gasteiger partial charge on any atom is -0.494 e. The highest BCUT2D eigenvalue weighted by atomic mass is 16.5. The molecule has 0 atom stereocenters. The zero-order valence-corrected chi connectivity index (χ0v) is 9.97. The van der Waals surface area contributed by atoms with Crippen molar-refractivity contribution >= 4 is 0 Å². The van der Waals surface area contributed by atoms with Gasteiger partial charge >= 0.3 is 0 Å². The van der Waals surface area contributed by atoms with Gasteiger partial charge in [0.15, 0.2) is 0 Å². The van der Waals surface area contributed by atoms with Crippen LogP contribution in [0.3, 0.4) is 0 Å². The van der Waals surface area contributed by atoms with E-state index in [9.17, 15) is 0 Å². The molecule has 0 radical (unpaired) electrons. The summed E-state index contributed by atoms with van der Waals surface area (Å²) in [7, 11) is 0. The lowest BCUT2D eigenvalue weighted by atomic mass is 10.0. The monoisotopic (exact) mass is 207 g/mol. The van der Waals surface area contributed by atoms with Crippen LogP contribution in [0.5, 0.6) is 5.75 Å². The number of ether oxygens (including phenoxy) is 1. The highest BCUT2D eigenvalue weighted by Crippen LogP contribution is 2.23. The van der Waals surface area contributed by atoms with Crippen LogP contribution >= 0.6 is 0 Å². The summed E-state index contributed by atoms with van der Waals surface area (Å²) in [6, 6.07) is 4.35. The highest BCUT2D eigenvalue weighted by molar-refractivity contribution is 5.41. The predicted molar refractivity (Wildman–Crippen MR) is 64.5 cm³/mol. The average molecular weight is 207 g/mol. The minimum atomic E-state index is 0.725. The largest absolute Gasteiger partial charge is 0.494 e. The summed E-state index contributed by atoms with van der Waals surface area (Å²) in [5, 5.41) is 0. The summed E-state index contributed by atoms with van der Waals surface area (Å²) in [6.07, 6.45) is 2.11. The maximum atomic E-state index is 5.55. The molecule has 1 aromatic carbocycles. The normalized spacial score (nSPS) is 10.4. The van der Waals surface area contributed by atoms with Gasteiger partial charge in [0.05, 0.1) is 6.61 Å². The predicted octanol–water partition coefficient (Wildman–Crippen LogP) is 2.59. The number of aryl methyl sites for hydroxylation is 3. The van der Waals surface area contributed by atoms with E-state index in [-0.39, 0.29) is 0 Å². The molecule has 0 spiro atoms. The second kappa shape index (κ2) is 5.76. The van der Waals surface area contributed by atoms with Gasteiger partial charge in [-0.2, -0.15) is 0 Å². The number of hydrogen-bond acceptors (Lipinski definition) is 2. The Balaban J connectivity index is 2.87. The van der Waals surface area contributed by atoms with E-state index in [2.05, 4.69) is 26.0 Å². The van der Waals surface area contributed by atoms with Crippen LogP contribution in [-0.2, 0) is 6.42 Å². The van der Waals surface area contributed by atoms with E-state index in [1.54, 1.807) is 0 Å². The lowest BCUT2D eigenvalue weighted by Crippen LogP contribution is -2.02. The fraction of sp³-hybridized carbons (Fsp3) is 0.538. The maximum Gasteiger partial charge on any atom is 0.122 e. The Morgan fingerprint density at radius 2 is 1.93 bits per heavy atom. The Labute approximate surface area is 92.4 Å². The molecule has 0 saturated heterocycles. The number of hydrogen-bond donors (Lipinski definition) is 1. The Hall–Kier alpha value is -1.02. The van der Waals surface area contributed by atoms with Crippen LogP contribution in [0.4, 0.5) is 0 Å². The number of rotatable bonds is 5. The third-order valence-corrected chi connectivity index (χ3v) is 2.58. The van der Waals surface area contributed by atoms with Gasteiger partial charge in [0, 0.05) is 0 Å². The van der Waals surface area contributed by atoms with E-state index < -0.39 is 0 Å². The Morgan fingerprint density at radius 3 is 2.53 bits per heavy atom. The maximum absolute atomic E-state index is 5.55. The lowest BCUT2D eigenvalue weighted by molar-refractivity contribution is 0.337. The van der Waals surface area contributed by atoms with Gasteiger partial charge in [-0.1, -0.05) is 6.07 Å². The molecule has 84 valence electrons. The third-order valence-electron chi connectivity index (χ3n) is 2.58. The van der Waals surface area contributed by atoms with Crippen LogP contribution in [0.1, 0.15) is 30.0 Å². The second-order valence-corrected chi connectivity index (χ2v) is 3.87. The van der Waals surface area contributed by atoms with E-state index in [4.69, 9.17) is 10.5 Å². The summed E-state index contributed by atoms with van der Waals surface area (Å²) >= 11 is 0. The van der Waals surface area contributed by atoms with Crippen molar-refractivity contribution in [2.75, 3.05) is 13.2 Å². The van der Waals surface area contributed by atoms with Crippen molar-refractivity contribution in [2.24, 2.45) is 5.73 Å². The minimum absolute atomic E-state index is 0.725. The molecule has 0 aliphatic heterocycles. The molecule has 0 fully saturated rings. The fourth-order valence-electron chi connectivity index (χ4n) is 1.72. The molecule has 0 aliphatic rings. The molecule has 1 aromatic rings. The number of benzene rings is 1. The van der Waals surface area contributed by atoms with Crippen LogP contribution in [0.2, 0.25) is 0 Å². The highest BCUT2D eigenvalue weighted by Gasteiger charge is 2.04. The molecular weight excluding hydrogens is 186 g/mol. The topological polar surface area (TPSA) is 35.2 Å². The van der Waals surface area contributed by atoms with E-state index >= 15 is 0 Å². The first-order valence-corrected chi connectivity index (χ1v) is 5.62. The van der Waals surface area contributed by atoms with Gasteiger partial charge in [-0.3, -0.25) is 0 Å². The van der Waals surface area contributed by atoms with Gasteiger partial charge in [-0.15, -0.1) is 0 Å². The lowest BCUT2D eigenvalue weighted by Gasteiger charge is -2.12. The average Bonchev–Trinajstić information content (AvgIpc) is 2.21. The van der Waals surface area contributed by atoms with E-state index in [1.807, 2.05) is 6.92 Å². The first kappa shape index (κ1) is 12.1. The van der Waals surface area contributed by atoms with Crippen molar-refractivity contribution in [3.63, 3.8) is 0 Å². The molecular formula is C13H21NO. The van der Waals surface area contributed by atoms with Crippen molar-refractivity contribution in [3.8, 4) is 5.75 Å². The molecule has 0 bridgehead atoms. The first-order chi connectivity index (χ1) is 7.19. The second-order valence-electron chi connectivity index (χ2n) is 3.87. The fourth-order valence-corrected chi connectivity index (χ4v) is 1.72. The standard InChI is InChI=1S/C13H21NO/c1-4-15-13-9-10(2)12(6-5-7-14)8-11(13)3/h8-9H,4-7,14H2,1-3H3. The molecule has 0 saturated carbocycles. The smallest absolute Gasteiger partial charge is 0.122 e. The zero-order chi connectivity index (χ0) is 11.3. The van der Waals surface area contributed by atoms with Crippen molar-refractivity contribution in [2.45, 2.75) is 33.6 Å². The SMILES string of the molecule is CCOc1cc(C)c(CCCN)cc1C. The quantitative estimate of drug-likeness (QED) is 0.805. The van der Waals surface area contributed by atoms with Crippen molar-refractivity contribution in [1.82, 2.24) is 0 Å². The van der Waals surface area contributed by atoms with Crippen molar-refractivity contribution in [3.05, 3.63) is 28.8 Å². The zero-order valence-electron chi connectivity index (χ0n) is 9.97. The Bertz CT molecular complexity index is 321. The van der Waals surface area contributed by atoms with Crippen molar-refractivity contribution < 1.29 is 4.74 Å². The van der Waals surface area contributed by atoms with Crippen molar-refractivity contribution in [1.29, 1.82) is 0 Å². The molecule has 1 rings (SSSR count). The van der Waals surface area contributed by atoms with Crippen LogP contribution in [-0.4, -0.2) is 13.2 Å². The van der Waals surface area contributed by atoms with E-state index in [0.29, 0.717) is 0 Å². The summed E-state index contributed by atoms with van der Waals surface area (Å²) in [5.41, 5.74) is 9.43. The van der Waals surface area contributed by atoms with Crippen LogP contribution in [0.15, 0.2) is 12.1 Å². The van der Waals surface area contributed by atoms with Gasteiger partial charge in [-0.05, 0) is 62.9 Å². The molecule has 15 heavy (non-hydrogen) atoms. The van der Waals surface area contributed by atoms with Gasteiger partial charge in [-0.25, -0.2) is 0 Å². The van der Waals surface area contributed by atoms with E-state index in [1.165, 1.54) is 16.7 Å². The van der Waals surface area contributed by atoms with Crippen LogP contribution in [0.25, 0.3) is 0 Å². The molecule has 0 aromatic heterocycles. The first-order valence-electron chi connectivity index (χ1n) is 5.62. The molecule has 0 amide bonds. The summed E-state index contributed by atoms with van der Waals surface area (Å²) < 4.78 is 5.55. The Morgan fingerprint density at radius 1 is 1.20 bits per heavy atom. The number of nitrogens with two attached hydrogens (primary N) is 1. The van der Waals surface area contributed by atoms with Gasteiger partial charge in [0.1, 0.15) is 5.75 Å². The van der Waals surface area contributed by atoms with Gasteiger partial charge in [0.2, 0.25) is 0 Å². The van der Waals surface area contributed by atoms with Crippen LogP contribution < -0.4 is 10.5 Å². The molecule has 0 unspecified atom stereocenters.